The number of ether oxygens (including phenoxy) is 1. The molecule has 0 spiro atoms. The monoisotopic (exact) mass is 509 g/mol. The standard InChI is InChI=1S/C24H21F2N7O2S/c1-12-19-21(12)36-23(27)33-24(19,10-25)15-6-13(2-3-16(15)26)32-22-20-17(30-11-31-22)7-14(8-29-20)35-9-18-28-4-5-34-18/h2-8,11-12,19,21H,9-10H2,1H3,(H2,27,33)(H,30,31,32)/t12?,19?,21-,24+/m0/s1. The first-order chi connectivity index (χ1) is 17.5. The number of nitrogens with zero attached hydrogens (tertiary/aromatic N) is 5. The molecule has 1 saturated carbocycles. The molecule has 1 aromatic carbocycles. The van der Waals surface area contributed by atoms with Crippen molar-refractivity contribution in [3.05, 3.63) is 66.5 Å². The maximum atomic E-state index is 15.1. The van der Waals surface area contributed by atoms with E-state index in [2.05, 4.69) is 30.2 Å². The SMILES string of the molecule is CC1C2[C@H]1SC(N)=N[C@]2(CF)c1cc(Nc2ncnc3cc(OCc4ncco4)cnc23)ccc1F. The molecule has 3 N–H and O–H groups in total. The van der Waals surface area contributed by atoms with Gasteiger partial charge in [0.25, 0.3) is 0 Å². The normalized spacial score (nSPS) is 24.8. The number of pyridine rings is 1. The van der Waals surface area contributed by atoms with Gasteiger partial charge < -0.3 is 20.2 Å². The lowest BCUT2D eigenvalue weighted by molar-refractivity contribution is 0.262. The predicted octanol–water partition coefficient (Wildman–Crippen LogP) is 4.34. The summed E-state index contributed by atoms with van der Waals surface area (Å²) >= 11 is 1.43. The summed E-state index contributed by atoms with van der Waals surface area (Å²) < 4.78 is 40.5. The Labute approximate surface area is 208 Å². The quantitative estimate of drug-likeness (QED) is 0.374. The average molecular weight is 510 g/mol. The number of aliphatic imine (C=N–C) groups is 1. The minimum Gasteiger partial charge on any atom is -0.482 e. The van der Waals surface area contributed by atoms with Gasteiger partial charge in [-0.3, -0.25) is 0 Å². The molecule has 0 bridgehead atoms. The zero-order valence-electron chi connectivity index (χ0n) is 19.1. The summed E-state index contributed by atoms with van der Waals surface area (Å²) in [5.41, 5.74) is 6.37. The molecule has 6 rings (SSSR count). The summed E-state index contributed by atoms with van der Waals surface area (Å²) in [5, 5.41) is 3.58. The molecule has 9 nitrogen and oxygen atoms in total. The number of nitrogens with one attached hydrogen (secondary N) is 1. The van der Waals surface area contributed by atoms with E-state index in [0.717, 1.165) is 0 Å². The zero-order valence-corrected chi connectivity index (χ0v) is 19.9. The number of alkyl halides is 1. The Balaban J connectivity index is 1.30. The number of hydrogen-bond acceptors (Lipinski definition) is 10. The van der Waals surface area contributed by atoms with Crippen LogP contribution < -0.4 is 15.8 Å². The Morgan fingerprint density at radius 2 is 2.11 bits per heavy atom. The lowest BCUT2D eigenvalue weighted by Gasteiger charge is -2.32. The lowest BCUT2D eigenvalue weighted by atomic mass is 9.85. The zero-order chi connectivity index (χ0) is 24.9. The van der Waals surface area contributed by atoms with Crippen molar-refractivity contribution in [1.29, 1.82) is 0 Å². The van der Waals surface area contributed by atoms with Crippen LogP contribution in [0.25, 0.3) is 11.0 Å². The minimum atomic E-state index is -1.34. The topological polar surface area (TPSA) is 124 Å². The number of rotatable bonds is 7. The highest BCUT2D eigenvalue weighted by molar-refractivity contribution is 8.14. The Morgan fingerprint density at radius 1 is 1.22 bits per heavy atom. The molecule has 2 unspecified atom stereocenters. The van der Waals surface area contributed by atoms with Gasteiger partial charge in [0, 0.05) is 28.5 Å². The van der Waals surface area contributed by atoms with Gasteiger partial charge in [-0.2, -0.15) is 0 Å². The Hall–Kier alpha value is -3.80. The third kappa shape index (κ3) is 3.81. The fraction of sp³-hybridized carbons (Fsp3) is 0.292. The van der Waals surface area contributed by atoms with Crippen molar-refractivity contribution in [3.63, 3.8) is 0 Å². The molecule has 0 radical (unpaired) electrons. The maximum Gasteiger partial charge on any atom is 0.232 e. The first-order valence-electron chi connectivity index (χ1n) is 11.3. The van der Waals surface area contributed by atoms with E-state index in [-0.39, 0.29) is 34.4 Å². The molecule has 184 valence electrons. The number of aromatic nitrogens is 4. The van der Waals surface area contributed by atoms with Crippen LogP contribution in [-0.2, 0) is 12.1 Å². The van der Waals surface area contributed by atoms with Crippen molar-refractivity contribution < 1.29 is 17.9 Å². The van der Waals surface area contributed by atoms with Gasteiger partial charge >= 0.3 is 0 Å². The highest BCUT2D eigenvalue weighted by Gasteiger charge is 2.63. The predicted molar refractivity (Wildman–Crippen MR) is 131 cm³/mol. The van der Waals surface area contributed by atoms with Crippen LogP contribution in [0.15, 0.2) is 58.7 Å². The first kappa shape index (κ1) is 22.7. The van der Waals surface area contributed by atoms with Crippen LogP contribution in [-0.4, -0.2) is 37.0 Å². The number of anilines is 2. The summed E-state index contributed by atoms with van der Waals surface area (Å²) in [6.45, 7) is 1.33. The molecule has 12 heteroatoms. The van der Waals surface area contributed by atoms with Crippen molar-refractivity contribution in [1.82, 2.24) is 19.9 Å². The van der Waals surface area contributed by atoms with Crippen molar-refractivity contribution in [2.24, 2.45) is 22.6 Å². The van der Waals surface area contributed by atoms with E-state index in [1.165, 1.54) is 36.6 Å². The largest absolute Gasteiger partial charge is 0.482 e. The van der Waals surface area contributed by atoms with Crippen LogP contribution in [0.1, 0.15) is 18.4 Å². The van der Waals surface area contributed by atoms with E-state index < -0.39 is 18.0 Å². The molecule has 1 aliphatic heterocycles. The van der Waals surface area contributed by atoms with E-state index in [1.54, 1.807) is 24.4 Å². The molecule has 3 aromatic heterocycles. The van der Waals surface area contributed by atoms with E-state index in [4.69, 9.17) is 14.9 Å². The number of thioether (sulfide) groups is 1. The second-order valence-electron chi connectivity index (χ2n) is 8.77. The average Bonchev–Trinajstić information content (AvgIpc) is 3.27. The van der Waals surface area contributed by atoms with Crippen LogP contribution in [0.5, 0.6) is 5.75 Å². The van der Waals surface area contributed by atoms with Crippen LogP contribution in [0, 0.1) is 17.7 Å². The molecule has 4 heterocycles. The number of hydrogen-bond donors (Lipinski definition) is 2. The van der Waals surface area contributed by atoms with Gasteiger partial charge in [-0.25, -0.2) is 33.7 Å². The number of benzene rings is 1. The minimum absolute atomic E-state index is 0.124. The first-order valence-corrected chi connectivity index (χ1v) is 12.1. The molecule has 1 fully saturated rings. The van der Waals surface area contributed by atoms with Gasteiger partial charge in [-0.1, -0.05) is 18.7 Å². The van der Waals surface area contributed by atoms with Gasteiger partial charge in [0.1, 0.15) is 41.9 Å². The second kappa shape index (κ2) is 8.70. The summed E-state index contributed by atoms with van der Waals surface area (Å²) in [4.78, 5) is 21.5. The van der Waals surface area contributed by atoms with Crippen molar-refractivity contribution in [2.45, 2.75) is 24.3 Å². The van der Waals surface area contributed by atoms with Crippen LogP contribution in [0.3, 0.4) is 0 Å². The van der Waals surface area contributed by atoms with E-state index in [1.807, 2.05) is 6.92 Å². The Morgan fingerprint density at radius 3 is 2.92 bits per heavy atom. The summed E-state index contributed by atoms with van der Waals surface area (Å²) in [6.07, 6.45) is 5.94. The fourth-order valence-corrected chi connectivity index (χ4v) is 6.23. The Kier molecular flexibility index (Phi) is 5.47. The lowest BCUT2D eigenvalue weighted by Crippen LogP contribution is -2.37. The third-order valence-electron chi connectivity index (χ3n) is 6.61. The van der Waals surface area contributed by atoms with Gasteiger partial charge in [0.05, 0.1) is 17.9 Å². The van der Waals surface area contributed by atoms with E-state index >= 15 is 4.39 Å². The number of nitrogens with two attached hydrogens (primary N) is 1. The smallest absolute Gasteiger partial charge is 0.232 e. The third-order valence-corrected chi connectivity index (χ3v) is 7.94. The highest BCUT2D eigenvalue weighted by Crippen LogP contribution is 2.62. The molecule has 2 aliphatic rings. The summed E-state index contributed by atoms with van der Waals surface area (Å²) in [7, 11) is 0. The van der Waals surface area contributed by atoms with Crippen LogP contribution in [0.2, 0.25) is 0 Å². The van der Waals surface area contributed by atoms with E-state index in [0.29, 0.717) is 34.2 Å². The van der Waals surface area contributed by atoms with Gasteiger partial charge in [0.15, 0.2) is 17.6 Å². The van der Waals surface area contributed by atoms with Crippen molar-refractivity contribution in [3.8, 4) is 5.75 Å². The Bertz CT molecular complexity index is 1470. The molecule has 36 heavy (non-hydrogen) atoms. The number of halogens is 2. The fourth-order valence-electron chi connectivity index (χ4n) is 4.82. The molecule has 4 aromatic rings. The molecular formula is C24H21F2N7O2S. The molecule has 1 aliphatic carbocycles. The highest BCUT2D eigenvalue weighted by atomic mass is 32.2. The van der Waals surface area contributed by atoms with Crippen LogP contribution in [0.4, 0.5) is 20.3 Å². The summed E-state index contributed by atoms with van der Waals surface area (Å²) in [5.74, 6) is 0.859. The number of fused-ring (bicyclic) bond motifs is 2. The summed E-state index contributed by atoms with van der Waals surface area (Å²) in [6, 6.07) is 6.16. The molecular weight excluding hydrogens is 488 g/mol. The maximum absolute atomic E-state index is 15.1. The molecule has 0 saturated heterocycles. The molecule has 4 atom stereocenters. The van der Waals surface area contributed by atoms with Crippen molar-refractivity contribution >= 4 is 39.5 Å². The molecule has 0 amide bonds. The van der Waals surface area contributed by atoms with Gasteiger partial charge in [0.2, 0.25) is 5.89 Å². The van der Waals surface area contributed by atoms with Gasteiger partial charge in [-0.05, 0) is 24.1 Å². The van der Waals surface area contributed by atoms with Crippen molar-refractivity contribution in [2.75, 3.05) is 12.0 Å². The number of oxazole rings is 1. The second-order valence-corrected chi connectivity index (χ2v) is 9.97. The van der Waals surface area contributed by atoms with E-state index in [9.17, 15) is 4.39 Å². The van der Waals surface area contributed by atoms with Gasteiger partial charge in [-0.15, -0.1) is 0 Å². The number of amidine groups is 1. The van der Waals surface area contributed by atoms with Crippen LogP contribution >= 0.6 is 11.8 Å².